The van der Waals surface area contributed by atoms with E-state index >= 15 is 0 Å². The van der Waals surface area contributed by atoms with E-state index in [0.717, 1.165) is 0 Å². The Balaban J connectivity index is 2.38. The largest absolute Gasteiger partial charge is 0.385 e. The maximum absolute atomic E-state index is 12.8. The molecule has 0 radical (unpaired) electrons. The minimum Gasteiger partial charge on any atom is -0.385 e. The van der Waals surface area contributed by atoms with Gasteiger partial charge in [0.2, 0.25) is 5.91 Å². The van der Waals surface area contributed by atoms with E-state index in [0.29, 0.717) is 47.2 Å². The highest BCUT2D eigenvalue weighted by Gasteiger charge is 2.13. The van der Waals surface area contributed by atoms with Gasteiger partial charge in [-0.15, -0.1) is 0 Å². The molecule has 2 rings (SSSR count). The van der Waals surface area contributed by atoms with Crippen molar-refractivity contribution in [3.63, 3.8) is 0 Å². The third-order valence-corrected chi connectivity index (χ3v) is 4.53. The van der Waals surface area contributed by atoms with Crippen molar-refractivity contribution in [2.75, 3.05) is 26.0 Å². The Kier molecular flexibility index (Phi) is 7.08. The third-order valence-electron chi connectivity index (χ3n) is 3.32. The van der Waals surface area contributed by atoms with Crippen LogP contribution in [0.25, 0.3) is 10.9 Å². The molecule has 1 N–H and O–H groups in total. The summed E-state index contributed by atoms with van der Waals surface area (Å²) in [6.07, 6.45) is 0.686. The summed E-state index contributed by atoms with van der Waals surface area (Å²) in [7, 11) is 1.62. The second-order valence-electron chi connectivity index (χ2n) is 5.10. The number of hydrogen-bond donors (Lipinski definition) is 1. The number of aromatic nitrogens is 2. The number of nitrogens with one attached hydrogen (secondary N) is 1. The molecule has 130 valence electrons. The molecular formula is C16H20ClN3O3S. The van der Waals surface area contributed by atoms with Crippen molar-refractivity contribution in [1.82, 2.24) is 14.9 Å². The Morgan fingerprint density at radius 2 is 2.25 bits per heavy atom. The van der Waals surface area contributed by atoms with E-state index in [1.165, 1.54) is 11.8 Å². The van der Waals surface area contributed by atoms with E-state index in [2.05, 4.69) is 10.3 Å². The lowest BCUT2D eigenvalue weighted by atomic mass is 10.2. The maximum Gasteiger partial charge on any atom is 0.262 e. The number of halogens is 1. The third kappa shape index (κ3) is 4.72. The van der Waals surface area contributed by atoms with Gasteiger partial charge in [0.1, 0.15) is 0 Å². The smallest absolute Gasteiger partial charge is 0.262 e. The number of ether oxygens (including phenoxy) is 1. The van der Waals surface area contributed by atoms with E-state index in [1.807, 2.05) is 6.92 Å². The number of nitrogens with zero attached hydrogens (tertiary/aromatic N) is 2. The highest BCUT2D eigenvalue weighted by Crippen LogP contribution is 2.20. The van der Waals surface area contributed by atoms with Crippen LogP contribution in [-0.4, -0.2) is 41.5 Å². The van der Waals surface area contributed by atoms with Crippen LogP contribution >= 0.6 is 23.4 Å². The summed E-state index contributed by atoms with van der Waals surface area (Å²) in [6, 6.07) is 5.01. The van der Waals surface area contributed by atoms with E-state index in [1.54, 1.807) is 29.9 Å². The molecule has 6 nitrogen and oxygen atoms in total. The van der Waals surface area contributed by atoms with Gasteiger partial charge < -0.3 is 10.1 Å². The summed E-state index contributed by atoms with van der Waals surface area (Å²) in [6.45, 7) is 3.46. The molecule has 0 unspecified atom stereocenters. The van der Waals surface area contributed by atoms with Crippen LogP contribution in [0.3, 0.4) is 0 Å². The second-order valence-corrected chi connectivity index (χ2v) is 6.48. The van der Waals surface area contributed by atoms with Gasteiger partial charge in [0.05, 0.1) is 16.7 Å². The molecule has 8 heteroatoms. The molecule has 1 aromatic carbocycles. The predicted octanol–water partition coefficient (Wildman–Crippen LogP) is 2.31. The number of carbonyl (C=O) groups excluding carboxylic acids is 1. The average molecular weight is 370 g/mol. The van der Waals surface area contributed by atoms with Crippen LogP contribution in [0, 0.1) is 0 Å². The van der Waals surface area contributed by atoms with Crippen LogP contribution < -0.4 is 10.9 Å². The van der Waals surface area contributed by atoms with Crippen LogP contribution in [0.2, 0.25) is 5.02 Å². The molecule has 2 aromatic rings. The van der Waals surface area contributed by atoms with Crippen molar-refractivity contribution in [1.29, 1.82) is 0 Å². The molecular weight excluding hydrogens is 350 g/mol. The number of benzene rings is 1. The second kappa shape index (κ2) is 9.05. The zero-order valence-electron chi connectivity index (χ0n) is 13.7. The lowest BCUT2D eigenvalue weighted by molar-refractivity contribution is -0.118. The monoisotopic (exact) mass is 369 g/mol. The normalized spacial score (nSPS) is 11.0. The quantitative estimate of drug-likeness (QED) is 0.439. The average Bonchev–Trinajstić information content (AvgIpc) is 2.55. The van der Waals surface area contributed by atoms with Gasteiger partial charge in [-0.1, -0.05) is 23.4 Å². The number of rotatable bonds is 8. The van der Waals surface area contributed by atoms with E-state index in [-0.39, 0.29) is 17.2 Å². The Hall–Kier alpha value is -1.57. The molecule has 0 spiro atoms. The fraction of sp³-hybridized carbons (Fsp3) is 0.438. The van der Waals surface area contributed by atoms with Gasteiger partial charge in [0.25, 0.3) is 5.56 Å². The SMILES string of the molecule is CCNC(=O)CSc1nc2cc(Cl)ccc2c(=O)n1CCCOC. The zero-order valence-corrected chi connectivity index (χ0v) is 15.2. The lowest BCUT2D eigenvalue weighted by Crippen LogP contribution is -2.27. The summed E-state index contributed by atoms with van der Waals surface area (Å²) < 4.78 is 6.65. The Bertz CT molecular complexity index is 779. The van der Waals surface area contributed by atoms with Crippen molar-refractivity contribution in [2.24, 2.45) is 0 Å². The Morgan fingerprint density at radius 3 is 2.96 bits per heavy atom. The van der Waals surface area contributed by atoms with E-state index in [9.17, 15) is 9.59 Å². The van der Waals surface area contributed by atoms with E-state index in [4.69, 9.17) is 16.3 Å². The number of amides is 1. The van der Waals surface area contributed by atoms with Gasteiger partial charge in [-0.25, -0.2) is 4.98 Å². The van der Waals surface area contributed by atoms with Crippen molar-refractivity contribution in [3.05, 3.63) is 33.6 Å². The summed E-state index contributed by atoms with van der Waals surface area (Å²) in [5, 5.41) is 4.28. The van der Waals surface area contributed by atoms with Crippen LogP contribution in [0.15, 0.2) is 28.2 Å². The number of hydrogen-bond acceptors (Lipinski definition) is 5. The maximum atomic E-state index is 12.8. The summed E-state index contributed by atoms with van der Waals surface area (Å²) in [5.74, 6) is 0.114. The van der Waals surface area contributed by atoms with Crippen molar-refractivity contribution < 1.29 is 9.53 Å². The Labute approximate surface area is 149 Å². The fourth-order valence-corrected chi connectivity index (χ4v) is 3.25. The molecule has 1 heterocycles. The van der Waals surface area contributed by atoms with Crippen LogP contribution in [0.1, 0.15) is 13.3 Å². The van der Waals surface area contributed by atoms with Gasteiger partial charge in [0, 0.05) is 31.8 Å². The van der Waals surface area contributed by atoms with Crippen molar-refractivity contribution >= 4 is 40.2 Å². The Morgan fingerprint density at radius 1 is 1.46 bits per heavy atom. The summed E-state index contributed by atoms with van der Waals surface area (Å²) in [5.41, 5.74) is 0.403. The minimum absolute atomic E-state index is 0.0913. The predicted molar refractivity (Wildman–Crippen MR) is 96.9 cm³/mol. The number of thioether (sulfide) groups is 1. The standard InChI is InChI=1S/C16H20ClN3O3S/c1-3-18-14(21)10-24-16-19-13-9-11(17)5-6-12(13)15(22)20(16)7-4-8-23-2/h5-6,9H,3-4,7-8,10H2,1-2H3,(H,18,21). The number of methoxy groups -OCH3 is 1. The molecule has 0 atom stereocenters. The molecule has 0 saturated heterocycles. The van der Waals surface area contributed by atoms with Gasteiger partial charge in [0.15, 0.2) is 5.16 Å². The van der Waals surface area contributed by atoms with Crippen LogP contribution in [0.5, 0.6) is 0 Å². The molecule has 0 saturated carbocycles. The molecule has 0 fully saturated rings. The van der Waals surface area contributed by atoms with Crippen molar-refractivity contribution in [2.45, 2.75) is 25.0 Å². The summed E-state index contributed by atoms with van der Waals surface area (Å²) in [4.78, 5) is 29.0. The highest BCUT2D eigenvalue weighted by atomic mass is 35.5. The van der Waals surface area contributed by atoms with Gasteiger partial charge in [-0.2, -0.15) is 0 Å². The minimum atomic E-state index is -0.133. The molecule has 24 heavy (non-hydrogen) atoms. The topological polar surface area (TPSA) is 73.2 Å². The number of fused-ring (bicyclic) bond motifs is 1. The summed E-state index contributed by atoms with van der Waals surface area (Å²) >= 11 is 7.24. The van der Waals surface area contributed by atoms with Gasteiger partial charge in [-0.3, -0.25) is 14.2 Å². The van der Waals surface area contributed by atoms with Crippen LogP contribution in [0.4, 0.5) is 0 Å². The number of carbonyl (C=O) groups is 1. The highest BCUT2D eigenvalue weighted by molar-refractivity contribution is 7.99. The fourth-order valence-electron chi connectivity index (χ4n) is 2.23. The first-order valence-corrected chi connectivity index (χ1v) is 9.01. The molecule has 0 aliphatic rings. The first-order chi connectivity index (χ1) is 11.6. The molecule has 0 bridgehead atoms. The first kappa shape index (κ1) is 18.8. The first-order valence-electron chi connectivity index (χ1n) is 7.65. The van der Waals surface area contributed by atoms with Crippen molar-refractivity contribution in [3.8, 4) is 0 Å². The van der Waals surface area contributed by atoms with Crippen LogP contribution in [-0.2, 0) is 16.1 Å². The molecule has 0 aliphatic heterocycles. The molecule has 0 aliphatic carbocycles. The molecule has 1 aromatic heterocycles. The molecule has 1 amide bonds. The van der Waals surface area contributed by atoms with E-state index < -0.39 is 0 Å². The van der Waals surface area contributed by atoms with Gasteiger partial charge >= 0.3 is 0 Å². The van der Waals surface area contributed by atoms with Gasteiger partial charge in [-0.05, 0) is 31.5 Å². The lowest BCUT2D eigenvalue weighted by Gasteiger charge is -2.13. The zero-order chi connectivity index (χ0) is 17.5.